The van der Waals surface area contributed by atoms with Crippen LogP contribution in [-0.2, 0) is 14.4 Å². The van der Waals surface area contributed by atoms with Gasteiger partial charge in [-0.3, -0.25) is 0 Å². The van der Waals surface area contributed by atoms with Crippen LogP contribution in [0.1, 0.15) is 156 Å². The van der Waals surface area contributed by atoms with E-state index in [1.54, 1.807) is 0 Å². The molecule has 0 fully saturated rings. The van der Waals surface area contributed by atoms with E-state index in [9.17, 15) is 29.7 Å². The Morgan fingerprint density at radius 2 is 0.559 bits per heavy atom. The first-order valence-corrected chi connectivity index (χ1v) is 13.4. The zero-order chi connectivity index (χ0) is 25.6. The molecule has 0 aromatic rings. The van der Waals surface area contributed by atoms with Gasteiger partial charge in [0.25, 0.3) is 0 Å². The SMILES string of the molecule is CCCCCCCCC(=O)[O-].CCCCCCCCC(=O)[O-].CCCCCCCCC(=O)[O-].[Ce+3]. The fourth-order valence-corrected chi connectivity index (χ4v) is 3.15. The maximum Gasteiger partial charge on any atom is 3.00 e. The monoisotopic (exact) mass is 611 g/mol. The van der Waals surface area contributed by atoms with Gasteiger partial charge < -0.3 is 29.7 Å². The van der Waals surface area contributed by atoms with Crippen molar-refractivity contribution in [2.75, 3.05) is 0 Å². The topological polar surface area (TPSA) is 120 Å². The molecule has 0 spiro atoms. The molecule has 0 aliphatic rings. The molecule has 0 aliphatic carbocycles. The second-order valence-electron chi connectivity index (χ2n) is 8.67. The number of hydrogen-bond donors (Lipinski definition) is 0. The van der Waals surface area contributed by atoms with Crippen molar-refractivity contribution < 1.29 is 71.5 Å². The number of carboxylic acids is 3. The van der Waals surface area contributed by atoms with Crippen LogP contribution < -0.4 is 15.3 Å². The normalized spacial score (nSPS) is 9.62. The smallest absolute Gasteiger partial charge is 0.550 e. The Balaban J connectivity index is -0.000000196. The maximum atomic E-state index is 9.98. The molecule has 34 heavy (non-hydrogen) atoms. The predicted octanol–water partition coefficient (Wildman–Crippen LogP) is 4.46. The van der Waals surface area contributed by atoms with Crippen molar-refractivity contribution >= 4 is 17.9 Å². The number of unbranched alkanes of at least 4 members (excludes halogenated alkanes) is 15. The Morgan fingerprint density at radius 3 is 0.735 bits per heavy atom. The molecule has 0 saturated carbocycles. The minimum atomic E-state index is -0.916. The molecule has 0 rings (SSSR count). The van der Waals surface area contributed by atoms with Crippen molar-refractivity contribution in [1.29, 1.82) is 0 Å². The van der Waals surface area contributed by atoms with E-state index in [2.05, 4.69) is 20.8 Å². The molecular weight excluding hydrogens is 560 g/mol. The van der Waals surface area contributed by atoms with Crippen LogP contribution in [0.2, 0.25) is 0 Å². The molecule has 0 saturated heterocycles. The zero-order valence-electron chi connectivity index (χ0n) is 22.3. The molecule has 0 heterocycles. The summed E-state index contributed by atoms with van der Waals surface area (Å²) in [6, 6.07) is 0. The van der Waals surface area contributed by atoms with Gasteiger partial charge in [0.1, 0.15) is 0 Å². The van der Waals surface area contributed by atoms with Gasteiger partial charge in [0.2, 0.25) is 0 Å². The summed E-state index contributed by atoms with van der Waals surface area (Å²) in [6.45, 7) is 6.50. The van der Waals surface area contributed by atoms with E-state index in [-0.39, 0.29) is 61.0 Å². The van der Waals surface area contributed by atoms with Gasteiger partial charge in [-0.25, -0.2) is 0 Å². The van der Waals surface area contributed by atoms with Crippen LogP contribution in [0, 0.1) is 41.7 Å². The first-order valence-electron chi connectivity index (χ1n) is 13.4. The Hall–Kier alpha value is -0.213. The van der Waals surface area contributed by atoms with Crippen molar-refractivity contribution in [1.82, 2.24) is 0 Å². The Kier molecular flexibility index (Phi) is 45.0. The van der Waals surface area contributed by atoms with Gasteiger partial charge >= 0.3 is 41.7 Å². The standard InChI is InChI=1S/3C9H18O2.Ce/c3*1-2-3-4-5-6-7-8-9(10)11;/h3*2-8H2,1H3,(H,10,11);/q;;;+3/p-3. The molecule has 0 aliphatic heterocycles. The maximum absolute atomic E-state index is 9.98. The number of carbonyl (C=O) groups is 3. The fraction of sp³-hybridized carbons (Fsp3) is 0.889. The molecule has 0 unspecified atom stereocenters. The van der Waals surface area contributed by atoms with Crippen LogP contribution in [-0.4, -0.2) is 17.9 Å². The third-order valence-corrected chi connectivity index (χ3v) is 5.20. The van der Waals surface area contributed by atoms with Crippen LogP contribution in [0.5, 0.6) is 0 Å². The first kappa shape index (κ1) is 40.9. The van der Waals surface area contributed by atoms with Gasteiger partial charge in [-0.2, -0.15) is 0 Å². The summed E-state index contributed by atoms with van der Waals surface area (Å²) in [7, 11) is 0. The van der Waals surface area contributed by atoms with E-state index in [4.69, 9.17) is 0 Å². The van der Waals surface area contributed by atoms with Crippen molar-refractivity contribution in [3.8, 4) is 0 Å². The molecule has 0 aromatic carbocycles. The van der Waals surface area contributed by atoms with Gasteiger partial charge in [-0.05, 0) is 38.5 Å². The van der Waals surface area contributed by atoms with E-state index in [1.807, 2.05) is 0 Å². The van der Waals surface area contributed by atoms with E-state index in [0.29, 0.717) is 0 Å². The number of carboxylic acid groups (broad SMARTS) is 3. The summed E-state index contributed by atoms with van der Waals surface area (Å²) in [6.07, 6.45) is 20.9. The van der Waals surface area contributed by atoms with Gasteiger partial charge in [0.05, 0.1) is 0 Å². The summed E-state index contributed by atoms with van der Waals surface area (Å²) in [4.78, 5) is 29.9. The predicted molar refractivity (Wildman–Crippen MR) is 129 cm³/mol. The van der Waals surface area contributed by atoms with Crippen LogP contribution >= 0.6 is 0 Å². The quantitative estimate of drug-likeness (QED) is 0.177. The van der Waals surface area contributed by atoms with Gasteiger partial charge in [-0.15, -0.1) is 0 Å². The van der Waals surface area contributed by atoms with E-state index < -0.39 is 17.9 Å². The average molecular weight is 612 g/mol. The molecule has 0 aromatic heterocycles. The van der Waals surface area contributed by atoms with Crippen molar-refractivity contribution in [3.63, 3.8) is 0 Å². The molecule has 1 radical (unpaired) electrons. The number of hydrogen-bond acceptors (Lipinski definition) is 6. The summed E-state index contributed by atoms with van der Waals surface area (Å²) >= 11 is 0. The number of rotatable bonds is 21. The Labute approximate surface area is 243 Å². The summed E-state index contributed by atoms with van der Waals surface area (Å²) < 4.78 is 0. The fourth-order valence-electron chi connectivity index (χ4n) is 3.15. The van der Waals surface area contributed by atoms with E-state index in [1.165, 1.54) is 77.0 Å². The summed E-state index contributed by atoms with van der Waals surface area (Å²) in [5.41, 5.74) is 0. The average Bonchev–Trinajstić information content (AvgIpc) is 2.76. The van der Waals surface area contributed by atoms with Crippen LogP contribution in [0.15, 0.2) is 0 Å². The second kappa shape index (κ2) is 37.3. The largest absolute Gasteiger partial charge is 3.00 e. The molecule has 7 heteroatoms. The van der Waals surface area contributed by atoms with Crippen LogP contribution in [0.3, 0.4) is 0 Å². The Morgan fingerprint density at radius 1 is 0.382 bits per heavy atom. The van der Waals surface area contributed by atoms with Crippen molar-refractivity contribution in [2.24, 2.45) is 0 Å². The minimum Gasteiger partial charge on any atom is -0.550 e. The van der Waals surface area contributed by atoms with Gasteiger partial charge in [0, 0.05) is 17.9 Å². The third-order valence-electron chi connectivity index (χ3n) is 5.20. The Bertz CT molecular complexity index is 368. The summed E-state index contributed by atoms with van der Waals surface area (Å²) in [5, 5.41) is 29.9. The van der Waals surface area contributed by atoms with Gasteiger partial charge in [0.15, 0.2) is 0 Å². The van der Waals surface area contributed by atoms with E-state index >= 15 is 0 Å². The zero-order valence-corrected chi connectivity index (χ0v) is 25.4. The van der Waals surface area contributed by atoms with Crippen LogP contribution in [0.25, 0.3) is 0 Å². The first-order chi connectivity index (χ1) is 15.8. The molecule has 199 valence electrons. The second-order valence-corrected chi connectivity index (χ2v) is 8.67. The molecule has 0 amide bonds. The van der Waals surface area contributed by atoms with Crippen molar-refractivity contribution in [2.45, 2.75) is 156 Å². The van der Waals surface area contributed by atoms with Crippen LogP contribution in [0.4, 0.5) is 0 Å². The molecule has 0 bridgehead atoms. The summed E-state index contributed by atoms with van der Waals surface area (Å²) in [5.74, 6) is -2.75. The molecule has 0 N–H and O–H groups in total. The van der Waals surface area contributed by atoms with Gasteiger partial charge in [-0.1, -0.05) is 117 Å². The van der Waals surface area contributed by atoms with E-state index in [0.717, 1.165) is 38.5 Å². The third kappa shape index (κ3) is 53.2. The molecule has 6 nitrogen and oxygen atoms in total. The van der Waals surface area contributed by atoms with Crippen molar-refractivity contribution in [3.05, 3.63) is 0 Å². The molecular formula is C27H51CeO6. The number of carbonyl (C=O) groups excluding carboxylic acids is 3. The minimum absolute atomic E-state index is 0. The number of aliphatic carboxylic acids is 3. The molecule has 0 atom stereocenters.